The van der Waals surface area contributed by atoms with Crippen LogP contribution in [0.25, 0.3) is 0 Å². The number of hydrogen-bond donors (Lipinski definition) is 3. The topological polar surface area (TPSA) is 101 Å². The van der Waals surface area contributed by atoms with Crippen LogP contribution in [0.3, 0.4) is 0 Å². The van der Waals surface area contributed by atoms with Gasteiger partial charge in [-0.05, 0) is 37.8 Å². The summed E-state index contributed by atoms with van der Waals surface area (Å²) in [6.07, 6.45) is 5.45. The summed E-state index contributed by atoms with van der Waals surface area (Å²) >= 11 is 0. The molecule has 0 aromatic heterocycles. The maximum atomic E-state index is 13.7. The highest BCUT2D eigenvalue weighted by atomic mass is 32.2. The summed E-state index contributed by atoms with van der Waals surface area (Å²) in [4.78, 5) is 11.9. The first-order valence-corrected chi connectivity index (χ1v) is 10.1. The monoisotopic (exact) mass is 371 g/mol. The Labute approximate surface area is 148 Å². The molecule has 1 saturated carbocycles. The zero-order valence-electron chi connectivity index (χ0n) is 14.4. The van der Waals surface area contributed by atoms with E-state index in [1.54, 1.807) is 0 Å². The number of carbonyl (C=O) groups excluding carboxylic acids is 1. The number of nitrogens with two attached hydrogens (primary N) is 1. The molecule has 0 saturated heterocycles. The lowest BCUT2D eigenvalue weighted by molar-refractivity contribution is -0.123. The third kappa shape index (κ3) is 5.23. The number of carbonyl (C=O) groups is 1. The van der Waals surface area contributed by atoms with Crippen LogP contribution in [0.2, 0.25) is 0 Å². The zero-order chi connectivity index (χ0) is 18.4. The van der Waals surface area contributed by atoms with E-state index >= 15 is 0 Å². The highest BCUT2D eigenvalue weighted by Crippen LogP contribution is 2.26. The van der Waals surface area contributed by atoms with Crippen LogP contribution in [0, 0.1) is 11.7 Å². The molecule has 2 unspecified atom stereocenters. The van der Waals surface area contributed by atoms with Gasteiger partial charge in [0.15, 0.2) is 0 Å². The summed E-state index contributed by atoms with van der Waals surface area (Å²) in [5.74, 6) is -0.997. The molecule has 0 radical (unpaired) electrons. The standard InChI is InChI=1S/C17H26FN3O3S/c1-12(21-25(23,24)16-10-6-5-9-14(16)18)17(22)20-15(11-19)13-7-3-2-4-8-13/h5-6,9-10,12-13,15,21H,2-4,7-8,11,19H2,1H3,(H,20,22). The molecule has 6 nitrogen and oxygen atoms in total. The van der Waals surface area contributed by atoms with E-state index in [0.29, 0.717) is 12.5 Å². The van der Waals surface area contributed by atoms with E-state index in [0.717, 1.165) is 37.8 Å². The molecule has 0 heterocycles. The fourth-order valence-corrected chi connectivity index (χ4v) is 4.51. The number of sulfonamides is 1. The number of nitrogens with one attached hydrogen (secondary N) is 2. The van der Waals surface area contributed by atoms with Crippen molar-refractivity contribution in [1.29, 1.82) is 0 Å². The number of hydrogen-bond acceptors (Lipinski definition) is 4. The van der Waals surface area contributed by atoms with Crippen LogP contribution in [0.1, 0.15) is 39.0 Å². The number of rotatable bonds is 7. The molecule has 0 spiro atoms. The van der Waals surface area contributed by atoms with Gasteiger partial charge in [0.1, 0.15) is 10.7 Å². The van der Waals surface area contributed by atoms with Crippen molar-refractivity contribution in [3.8, 4) is 0 Å². The van der Waals surface area contributed by atoms with Crippen molar-refractivity contribution in [1.82, 2.24) is 10.0 Å². The minimum Gasteiger partial charge on any atom is -0.350 e. The van der Waals surface area contributed by atoms with Gasteiger partial charge in [0.25, 0.3) is 0 Å². The molecule has 0 aliphatic heterocycles. The lowest BCUT2D eigenvalue weighted by Crippen LogP contribution is -2.52. The van der Waals surface area contributed by atoms with Crippen molar-refractivity contribution in [2.75, 3.05) is 6.54 Å². The van der Waals surface area contributed by atoms with Crippen LogP contribution >= 0.6 is 0 Å². The molecule has 1 aromatic carbocycles. The van der Waals surface area contributed by atoms with Gasteiger partial charge >= 0.3 is 0 Å². The van der Waals surface area contributed by atoms with Gasteiger partial charge in [-0.25, -0.2) is 12.8 Å². The predicted molar refractivity (Wildman–Crippen MR) is 93.7 cm³/mol. The van der Waals surface area contributed by atoms with E-state index in [1.807, 2.05) is 0 Å². The summed E-state index contributed by atoms with van der Waals surface area (Å²) in [7, 11) is -4.12. The average Bonchev–Trinajstić information content (AvgIpc) is 2.60. The molecule has 25 heavy (non-hydrogen) atoms. The molecular weight excluding hydrogens is 345 g/mol. The van der Waals surface area contributed by atoms with Crippen molar-refractivity contribution in [3.05, 3.63) is 30.1 Å². The van der Waals surface area contributed by atoms with E-state index in [-0.39, 0.29) is 6.04 Å². The van der Waals surface area contributed by atoms with Gasteiger partial charge < -0.3 is 11.1 Å². The molecule has 1 aromatic rings. The van der Waals surface area contributed by atoms with Crippen LogP contribution in [0.4, 0.5) is 4.39 Å². The van der Waals surface area contributed by atoms with Gasteiger partial charge in [-0.15, -0.1) is 0 Å². The van der Waals surface area contributed by atoms with Crippen LogP contribution in [0.15, 0.2) is 29.2 Å². The fraction of sp³-hybridized carbons (Fsp3) is 0.588. The number of amides is 1. The smallest absolute Gasteiger partial charge is 0.244 e. The summed E-state index contributed by atoms with van der Waals surface area (Å²) < 4.78 is 40.5. The van der Waals surface area contributed by atoms with E-state index < -0.39 is 32.7 Å². The third-order valence-electron chi connectivity index (χ3n) is 4.65. The Bertz CT molecular complexity index is 690. The Balaban J connectivity index is 2.00. The van der Waals surface area contributed by atoms with Gasteiger partial charge in [0.05, 0.1) is 6.04 Å². The molecule has 1 aliphatic carbocycles. The van der Waals surface area contributed by atoms with E-state index in [9.17, 15) is 17.6 Å². The van der Waals surface area contributed by atoms with Crippen molar-refractivity contribution in [2.24, 2.45) is 11.7 Å². The second-order valence-corrected chi connectivity index (χ2v) is 8.20. The van der Waals surface area contributed by atoms with Gasteiger partial charge in [-0.2, -0.15) is 4.72 Å². The van der Waals surface area contributed by atoms with Gasteiger partial charge in [-0.3, -0.25) is 4.79 Å². The first kappa shape index (κ1) is 19.8. The summed E-state index contributed by atoms with van der Waals surface area (Å²) in [6, 6.07) is 3.85. The largest absolute Gasteiger partial charge is 0.350 e. The molecule has 0 bridgehead atoms. The van der Waals surface area contributed by atoms with Crippen LogP contribution < -0.4 is 15.8 Å². The Morgan fingerprint density at radius 3 is 2.52 bits per heavy atom. The van der Waals surface area contributed by atoms with E-state index in [2.05, 4.69) is 10.0 Å². The minimum atomic E-state index is -4.12. The first-order chi connectivity index (χ1) is 11.8. The van der Waals surface area contributed by atoms with Crippen molar-refractivity contribution in [3.63, 3.8) is 0 Å². The first-order valence-electron chi connectivity index (χ1n) is 8.62. The maximum absolute atomic E-state index is 13.7. The molecule has 1 aliphatic rings. The molecule has 4 N–H and O–H groups in total. The second kappa shape index (κ2) is 8.73. The summed E-state index contributed by atoms with van der Waals surface area (Å²) in [5.41, 5.74) is 5.79. The van der Waals surface area contributed by atoms with E-state index in [1.165, 1.54) is 25.5 Å². The Morgan fingerprint density at radius 1 is 1.28 bits per heavy atom. The quantitative estimate of drug-likeness (QED) is 0.676. The molecule has 2 atom stereocenters. The lowest BCUT2D eigenvalue weighted by atomic mass is 9.84. The molecule has 1 fully saturated rings. The summed E-state index contributed by atoms with van der Waals surface area (Å²) in [5, 5.41) is 2.84. The minimum absolute atomic E-state index is 0.173. The van der Waals surface area contributed by atoms with Gasteiger partial charge in [-0.1, -0.05) is 31.4 Å². The Morgan fingerprint density at radius 2 is 1.92 bits per heavy atom. The van der Waals surface area contributed by atoms with E-state index in [4.69, 9.17) is 5.73 Å². The number of halogens is 1. The zero-order valence-corrected chi connectivity index (χ0v) is 15.2. The van der Waals surface area contributed by atoms with Gasteiger partial charge in [0, 0.05) is 12.6 Å². The fourth-order valence-electron chi connectivity index (χ4n) is 3.23. The Hall–Kier alpha value is -1.51. The van der Waals surface area contributed by atoms with Crippen molar-refractivity contribution < 1.29 is 17.6 Å². The van der Waals surface area contributed by atoms with Crippen molar-refractivity contribution in [2.45, 2.75) is 56.0 Å². The Kier molecular flexibility index (Phi) is 6.92. The number of benzene rings is 1. The normalized spacial score (nSPS) is 18.5. The maximum Gasteiger partial charge on any atom is 0.244 e. The lowest BCUT2D eigenvalue weighted by Gasteiger charge is -2.31. The third-order valence-corrected chi connectivity index (χ3v) is 6.23. The molecule has 1 amide bonds. The molecular formula is C17H26FN3O3S. The van der Waals surface area contributed by atoms with Crippen LogP contribution in [0.5, 0.6) is 0 Å². The summed E-state index contributed by atoms with van der Waals surface area (Å²) in [6.45, 7) is 1.74. The second-order valence-electron chi connectivity index (χ2n) is 6.52. The van der Waals surface area contributed by atoms with Crippen molar-refractivity contribution >= 4 is 15.9 Å². The van der Waals surface area contributed by atoms with Crippen LogP contribution in [-0.4, -0.2) is 33.0 Å². The van der Waals surface area contributed by atoms with Crippen LogP contribution in [-0.2, 0) is 14.8 Å². The highest BCUT2D eigenvalue weighted by molar-refractivity contribution is 7.89. The molecule has 8 heteroatoms. The van der Waals surface area contributed by atoms with Gasteiger partial charge in [0.2, 0.25) is 15.9 Å². The SMILES string of the molecule is CC(NS(=O)(=O)c1ccccc1F)C(=O)NC(CN)C1CCCCC1. The molecule has 140 valence electrons. The average molecular weight is 371 g/mol. The molecule has 2 rings (SSSR count). The predicted octanol–water partition coefficient (Wildman–Crippen LogP) is 1.52. The highest BCUT2D eigenvalue weighted by Gasteiger charge is 2.28.